The van der Waals surface area contributed by atoms with Crippen molar-refractivity contribution >= 4 is 16.5 Å². The van der Waals surface area contributed by atoms with E-state index in [1.807, 2.05) is 37.4 Å². The van der Waals surface area contributed by atoms with Crippen molar-refractivity contribution in [3.8, 4) is 5.75 Å². The van der Waals surface area contributed by atoms with E-state index in [0.717, 1.165) is 29.1 Å². The molecule has 0 aliphatic carbocycles. The third-order valence-corrected chi connectivity index (χ3v) is 3.59. The molecule has 0 spiro atoms. The molecule has 0 bridgehead atoms. The number of nitrogens with one attached hydrogen (secondary N) is 1. The monoisotopic (exact) mass is 278 g/mol. The molecular weight excluding hydrogens is 260 g/mol. The maximum Gasteiger partial charge on any atom is 0.126 e. The maximum absolute atomic E-state index is 5.43. The molecule has 0 aliphatic heterocycles. The second kappa shape index (κ2) is 5.83. The summed E-state index contributed by atoms with van der Waals surface area (Å²) in [6, 6.07) is 16.5. The lowest BCUT2D eigenvalue weighted by Crippen LogP contribution is -2.01. The molecule has 21 heavy (non-hydrogen) atoms. The van der Waals surface area contributed by atoms with Crippen LogP contribution in [-0.2, 0) is 6.54 Å². The summed E-state index contributed by atoms with van der Waals surface area (Å²) in [5.41, 5.74) is 3.29. The first-order valence-corrected chi connectivity index (χ1v) is 6.99. The van der Waals surface area contributed by atoms with E-state index >= 15 is 0 Å². The number of ether oxygens (including phenoxy) is 1. The summed E-state index contributed by atoms with van der Waals surface area (Å²) in [5.74, 6) is 0.909. The van der Waals surface area contributed by atoms with Gasteiger partial charge in [0.2, 0.25) is 0 Å². The molecule has 106 valence electrons. The molecule has 1 aromatic heterocycles. The van der Waals surface area contributed by atoms with Crippen LogP contribution in [0.1, 0.15) is 11.3 Å². The van der Waals surface area contributed by atoms with Gasteiger partial charge in [0.1, 0.15) is 5.75 Å². The second-order valence-corrected chi connectivity index (χ2v) is 5.01. The Hall–Kier alpha value is -2.55. The molecule has 0 saturated carbocycles. The molecule has 3 heteroatoms. The Morgan fingerprint density at radius 1 is 1.00 bits per heavy atom. The van der Waals surface area contributed by atoms with Crippen LogP contribution in [0.5, 0.6) is 5.75 Å². The van der Waals surface area contributed by atoms with Crippen molar-refractivity contribution in [3.05, 3.63) is 66.0 Å². The number of pyridine rings is 1. The van der Waals surface area contributed by atoms with E-state index in [0.29, 0.717) is 0 Å². The van der Waals surface area contributed by atoms with Crippen molar-refractivity contribution in [1.29, 1.82) is 0 Å². The molecule has 0 unspecified atom stereocenters. The van der Waals surface area contributed by atoms with Gasteiger partial charge in [0.05, 0.1) is 19.0 Å². The summed E-state index contributed by atoms with van der Waals surface area (Å²) in [6.45, 7) is 2.75. The lowest BCUT2D eigenvalue weighted by Gasteiger charge is -2.12. The van der Waals surface area contributed by atoms with Gasteiger partial charge in [-0.2, -0.15) is 0 Å². The SMILES string of the molecule is COc1ccc(CNc2ccc(C)nc2)c2ccccc12. The van der Waals surface area contributed by atoms with Crippen molar-refractivity contribution in [2.24, 2.45) is 0 Å². The highest BCUT2D eigenvalue weighted by Crippen LogP contribution is 2.28. The summed E-state index contributed by atoms with van der Waals surface area (Å²) in [6.07, 6.45) is 1.86. The minimum atomic E-state index is 0.759. The molecule has 2 aromatic carbocycles. The first-order valence-electron chi connectivity index (χ1n) is 6.99. The van der Waals surface area contributed by atoms with Crippen LogP contribution in [-0.4, -0.2) is 12.1 Å². The number of aromatic nitrogens is 1. The molecule has 0 atom stereocenters. The number of nitrogens with zero attached hydrogens (tertiary/aromatic N) is 1. The third kappa shape index (κ3) is 2.82. The van der Waals surface area contributed by atoms with Crippen LogP contribution in [0.2, 0.25) is 0 Å². The summed E-state index contributed by atoms with van der Waals surface area (Å²) in [7, 11) is 1.71. The van der Waals surface area contributed by atoms with E-state index in [1.54, 1.807) is 7.11 Å². The van der Waals surface area contributed by atoms with Gasteiger partial charge in [0, 0.05) is 17.6 Å². The summed E-state index contributed by atoms with van der Waals surface area (Å²) < 4.78 is 5.43. The van der Waals surface area contributed by atoms with E-state index in [-0.39, 0.29) is 0 Å². The second-order valence-electron chi connectivity index (χ2n) is 5.01. The lowest BCUT2D eigenvalue weighted by molar-refractivity contribution is 0.419. The quantitative estimate of drug-likeness (QED) is 0.778. The van der Waals surface area contributed by atoms with Crippen molar-refractivity contribution in [3.63, 3.8) is 0 Å². The van der Waals surface area contributed by atoms with Crippen LogP contribution >= 0.6 is 0 Å². The Bertz CT molecular complexity index is 751. The summed E-state index contributed by atoms with van der Waals surface area (Å²) in [5, 5.41) is 5.77. The number of rotatable bonds is 4. The van der Waals surface area contributed by atoms with E-state index in [1.165, 1.54) is 10.9 Å². The number of fused-ring (bicyclic) bond motifs is 1. The third-order valence-electron chi connectivity index (χ3n) is 3.59. The van der Waals surface area contributed by atoms with Crippen LogP contribution < -0.4 is 10.1 Å². The molecule has 0 fully saturated rings. The van der Waals surface area contributed by atoms with Crippen molar-refractivity contribution in [2.45, 2.75) is 13.5 Å². The average molecular weight is 278 g/mol. The number of aryl methyl sites for hydroxylation is 1. The standard InChI is InChI=1S/C18H18N2O/c1-13-7-9-15(12-19-13)20-11-14-8-10-18(21-2)17-6-4-3-5-16(14)17/h3-10,12,20H,11H2,1-2H3. The van der Waals surface area contributed by atoms with Gasteiger partial charge in [-0.15, -0.1) is 0 Å². The Balaban J connectivity index is 1.89. The van der Waals surface area contributed by atoms with Crippen LogP contribution in [0.25, 0.3) is 10.8 Å². The van der Waals surface area contributed by atoms with E-state index < -0.39 is 0 Å². The Morgan fingerprint density at radius 3 is 2.52 bits per heavy atom. The number of benzene rings is 2. The van der Waals surface area contributed by atoms with Crippen LogP contribution in [0.3, 0.4) is 0 Å². The van der Waals surface area contributed by atoms with Crippen LogP contribution in [0.4, 0.5) is 5.69 Å². The molecule has 0 saturated heterocycles. The van der Waals surface area contributed by atoms with Crippen molar-refractivity contribution < 1.29 is 4.74 Å². The molecule has 0 aliphatic rings. The predicted molar refractivity (Wildman–Crippen MR) is 86.8 cm³/mol. The van der Waals surface area contributed by atoms with E-state index in [4.69, 9.17) is 4.74 Å². The van der Waals surface area contributed by atoms with E-state index in [2.05, 4.69) is 34.6 Å². The summed E-state index contributed by atoms with van der Waals surface area (Å²) >= 11 is 0. The molecule has 0 amide bonds. The highest BCUT2D eigenvalue weighted by molar-refractivity contribution is 5.91. The molecule has 1 heterocycles. The molecular formula is C18H18N2O. The first kappa shape index (κ1) is 13.4. The predicted octanol–water partition coefficient (Wildman–Crippen LogP) is 4.16. The minimum absolute atomic E-state index is 0.759. The molecule has 0 radical (unpaired) electrons. The largest absolute Gasteiger partial charge is 0.496 e. The first-order chi connectivity index (χ1) is 10.3. The minimum Gasteiger partial charge on any atom is -0.496 e. The van der Waals surface area contributed by atoms with Gasteiger partial charge >= 0.3 is 0 Å². The van der Waals surface area contributed by atoms with Gasteiger partial charge in [0.15, 0.2) is 0 Å². The number of hydrogen-bond donors (Lipinski definition) is 1. The zero-order valence-corrected chi connectivity index (χ0v) is 12.3. The Labute approximate surface area is 124 Å². The van der Waals surface area contributed by atoms with Crippen LogP contribution in [0.15, 0.2) is 54.7 Å². The number of methoxy groups -OCH3 is 1. The van der Waals surface area contributed by atoms with Gasteiger partial charge in [-0.1, -0.05) is 30.3 Å². The highest BCUT2D eigenvalue weighted by atomic mass is 16.5. The molecule has 3 nitrogen and oxygen atoms in total. The average Bonchev–Trinajstić information content (AvgIpc) is 2.54. The number of anilines is 1. The fourth-order valence-electron chi connectivity index (χ4n) is 2.44. The maximum atomic E-state index is 5.43. The van der Waals surface area contributed by atoms with Crippen LogP contribution in [0, 0.1) is 6.92 Å². The Morgan fingerprint density at radius 2 is 1.81 bits per heavy atom. The normalized spacial score (nSPS) is 10.6. The fourth-order valence-corrected chi connectivity index (χ4v) is 2.44. The van der Waals surface area contributed by atoms with Gasteiger partial charge < -0.3 is 10.1 Å². The van der Waals surface area contributed by atoms with Gasteiger partial charge in [0.25, 0.3) is 0 Å². The number of hydrogen-bond acceptors (Lipinski definition) is 3. The highest BCUT2D eigenvalue weighted by Gasteiger charge is 2.05. The molecule has 3 rings (SSSR count). The van der Waals surface area contributed by atoms with Crippen molar-refractivity contribution in [2.75, 3.05) is 12.4 Å². The fraction of sp³-hybridized carbons (Fsp3) is 0.167. The van der Waals surface area contributed by atoms with E-state index in [9.17, 15) is 0 Å². The van der Waals surface area contributed by atoms with Gasteiger partial charge in [-0.05, 0) is 36.1 Å². The van der Waals surface area contributed by atoms with Gasteiger partial charge in [-0.25, -0.2) is 0 Å². The van der Waals surface area contributed by atoms with Crippen molar-refractivity contribution in [1.82, 2.24) is 4.98 Å². The molecule has 3 aromatic rings. The molecule has 1 N–H and O–H groups in total. The smallest absolute Gasteiger partial charge is 0.126 e. The van der Waals surface area contributed by atoms with Gasteiger partial charge in [-0.3, -0.25) is 4.98 Å². The zero-order chi connectivity index (χ0) is 14.7. The summed E-state index contributed by atoms with van der Waals surface area (Å²) in [4.78, 5) is 4.30. The Kier molecular flexibility index (Phi) is 3.73. The lowest BCUT2D eigenvalue weighted by atomic mass is 10.0. The zero-order valence-electron chi connectivity index (χ0n) is 12.3. The topological polar surface area (TPSA) is 34.1 Å².